The van der Waals surface area contributed by atoms with Crippen LogP contribution in [0, 0.1) is 11.8 Å². The molecule has 5 heteroatoms. The molecule has 0 bridgehead atoms. The lowest BCUT2D eigenvalue weighted by molar-refractivity contribution is -0.0681. The second kappa shape index (κ2) is 7.62. The zero-order chi connectivity index (χ0) is 18.0. The van der Waals surface area contributed by atoms with Gasteiger partial charge in [0.2, 0.25) is 0 Å². The van der Waals surface area contributed by atoms with E-state index in [1.165, 1.54) is 5.70 Å². The van der Waals surface area contributed by atoms with Crippen LogP contribution in [0.25, 0.3) is 0 Å². The quantitative estimate of drug-likeness (QED) is 0.744. The highest BCUT2D eigenvalue weighted by Crippen LogP contribution is 2.41. The highest BCUT2D eigenvalue weighted by molar-refractivity contribution is 6.30. The molecular weight excluding hydrogens is 348 g/mol. The van der Waals surface area contributed by atoms with Crippen molar-refractivity contribution in [2.75, 3.05) is 26.2 Å². The summed E-state index contributed by atoms with van der Waals surface area (Å²) in [5.41, 5.74) is 2.14. The Morgan fingerprint density at radius 1 is 1.31 bits per heavy atom. The maximum atomic E-state index is 11.4. The summed E-state index contributed by atoms with van der Waals surface area (Å²) in [7, 11) is 0. The molecule has 0 spiro atoms. The highest BCUT2D eigenvalue weighted by atomic mass is 35.5. The van der Waals surface area contributed by atoms with E-state index in [1.54, 1.807) is 0 Å². The van der Waals surface area contributed by atoms with E-state index in [0.29, 0.717) is 11.4 Å². The molecule has 1 aromatic carbocycles. The smallest absolute Gasteiger partial charge is 0.149 e. The summed E-state index contributed by atoms with van der Waals surface area (Å²) in [5, 5.41) is 15.4. The molecule has 4 rings (SSSR count). The number of hydrogen-bond donors (Lipinski definition) is 2. The standard InChI is InChI=1S/C21H25ClN2O2/c22-17-5-1-4-16(14-17)8-10-21(25)9-2-7-19-18(21)6-3-12-24(19)20-15-23-11-13-26-20/h1,4-5,14,20,23,25H,2-3,6-7,9,11-13,15H2. The van der Waals surface area contributed by atoms with Crippen molar-refractivity contribution in [3.05, 3.63) is 46.1 Å². The number of nitrogens with one attached hydrogen (secondary N) is 1. The topological polar surface area (TPSA) is 44.7 Å². The molecule has 1 saturated heterocycles. The number of nitrogens with zero attached hydrogens (tertiary/aromatic N) is 1. The van der Waals surface area contributed by atoms with E-state index < -0.39 is 5.60 Å². The van der Waals surface area contributed by atoms with Crippen LogP contribution >= 0.6 is 11.6 Å². The Bertz CT molecular complexity index is 761. The average Bonchev–Trinajstić information content (AvgIpc) is 2.67. The first-order valence-electron chi connectivity index (χ1n) is 9.48. The van der Waals surface area contributed by atoms with Gasteiger partial charge in [-0.2, -0.15) is 0 Å². The minimum Gasteiger partial charge on any atom is -0.374 e. The number of rotatable bonds is 1. The number of morpholine rings is 1. The second-order valence-corrected chi connectivity index (χ2v) is 7.66. The molecule has 1 fully saturated rings. The number of aliphatic hydroxyl groups is 1. The predicted octanol–water partition coefficient (Wildman–Crippen LogP) is 2.90. The van der Waals surface area contributed by atoms with E-state index in [2.05, 4.69) is 22.1 Å². The van der Waals surface area contributed by atoms with Gasteiger partial charge in [0.1, 0.15) is 11.8 Å². The molecule has 138 valence electrons. The Morgan fingerprint density at radius 3 is 3.04 bits per heavy atom. The molecule has 2 atom stereocenters. The minimum atomic E-state index is -1.04. The molecular formula is C21H25ClN2O2. The molecule has 4 nitrogen and oxygen atoms in total. The number of ether oxygens (including phenoxy) is 1. The van der Waals surface area contributed by atoms with E-state index >= 15 is 0 Å². The van der Waals surface area contributed by atoms with Crippen LogP contribution in [-0.2, 0) is 4.74 Å². The number of halogens is 1. The fourth-order valence-electron chi connectivity index (χ4n) is 4.23. The third-order valence-corrected chi connectivity index (χ3v) is 5.70. The Balaban J connectivity index is 1.64. The van der Waals surface area contributed by atoms with Crippen molar-refractivity contribution in [2.45, 2.75) is 43.9 Å². The molecule has 26 heavy (non-hydrogen) atoms. The molecule has 1 aromatic rings. The third kappa shape index (κ3) is 3.63. The summed E-state index contributed by atoms with van der Waals surface area (Å²) >= 11 is 6.05. The molecule has 0 amide bonds. The van der Waals surface area contributed by atoms with Crippen LogP contribution in [-0.4, -0.2) is 48.1 Å². The number of benzene rings is 1. The van der Waals surface area contributed by atoms with Crippen LogP contribution < -0.4 is 5.32 Å². The average molecular weight is 373 g/mol. The predicted molar refractivity (Wildman–Crippen MR) is 103 cm³/mol. The first-order valence-corrected chi connectivity index (χ1v) is 9.86. The monoisotopic (exact) mass is 372 g/mol. The van der Waals surface area contributed by atoms with Crippen molar-refractivity contribution in [2.24, 2.45) is 0 Å². The number of allylic oxidation sites excluding steroid dienone is 1. The largest absolute Gasteiger partial charge is 0.374 e. The van der Waals surface area contributed by atoms with Gasteiger partial charge in [-0.1, -0.05) is 29.5 Å². The van der Waals surface area contributed by atoms with Crippen molar-refractivity contribution in [3.63, 3.8) is 0 Å². The molecule has 0 saturated carbocycles. The van der Waals surface area contributed by atoms with E-state index in [-0.39, 0.29) is 6.23 Å². The van der Waals surface area contributed by atoms with Gasteiger partial charge >= 0.3 is 0 Å². The van der Waals surface area contributed by atoms with Crippen molar-refractivity contribution in [3.8, 4) is 11.8 Å². The Labute approximate surface area is 160 Å². The van der Waals surface area contributed by atoms with Crippen molar-refractivity contribution < 1.29 is 9.84 Å². The fourth-order valence-corrected chi connectivity index (χ4v) is 4.42. The van der Waals surface area contributed by atoms with Crippen LogP contribution in [0.2, 0.25) is 5.02 Å². The zero-order valence-corrected chi connectivity index (χ0v) is 15.7. The molecule has 3 aliphatic rings. The van der Waals surface area contributed by atoms with Gasteiger partial charge in [0.15, 0.2) is 0 Å². The summed E-state index contributed by atoms with van der Waals surface area (Å²) < 4.78 is 5.97. The normalized spacial score (nSPS) is 29.0. The highest BCUT2D eigenvalue weighted by Gasteiger charge is 2.40. The summed E-state index contributed by atoms with van der Waals surface area (Å²) in [6.07, 6.45) is 4.63. The van der Waals surface area contributed by atoms with E-state index in [9.17, 15) is 5.11 Å². The molecule has 1 aliphatic carbocycles. The molecule has 2 unspecified atom stereocenters. The van der Waals surface area contributed by atoms with Gasteiger partial charge in [-0.05, 0) is 55.9 Å². The maximum absolute atomic E-state index is 11.4. The van der Waals surface area contributed by atoms with Crippen LogP contribution in [0.15, 0.2) is 35.5 Å². The summed E-state index contributed by atoms with van der Waals surface area (Å²) in [4.78, 5) is 2.36. The Hall–Kier alpha value is -1.51. The summed E-state index contributed by atoms with van der Waals surface area (Å²) in [5.74, 6) is 6.31. The van der Waals surface area contributed by atoms with Crippen molar-refractivity contribution in [1.82, 2.24) is 10.2 Å². The minimum absolute atomic E-state index is 0.0669. The van der Waals surface area contributed by atoms with Gasteiger partial charge in [0.05, 0.1) is 6.61 Å². The van der Waals surface area contributed by atoms with Crippen LogP contribution in [0.4, 0.5) is 0 Å². The van der Waals surface area contributed by atoms with Crippen LogP contribution in [0.3, 0.4) is 0 Å². The first kappa shape index (κ1) is 17.9. The summed E-state index contributed by atoms with van der Waals surface area (Å²) in [6.45, 7) is 3.47. The molecule has 2 heterocycles. The second-order valence-electron chi connectivity index (χ2n) is 7.23. The molecule has 2 aliphatic heterocycles. The van der Waals surface area contributed by atoms with Crippen molar-refractivity contribution >= 4 is 11.6 Å². The lowest BCUT2D eigenvalue weighted by Crippen LogP contribution is -2.52. The van der Waals surface area contributed by atoms with E-state index in [4.69, 9.17) is 16.3 Å². The van der Waals surface area contributed by atoms with Crippen molar-refractivity contribution in [1.29, 1.82) is 0 Å². The Morgan fingerprint density at radius 2 is 2.23 bits per heavy atom. The zero-order valence-electron chi connectivity index (χ0n) is 14.9. The van der Waals surface area contributed by atoms with E-state index in [1.807, 2.05) is 24.3 Å². The summed E-state index contributed by atoms with van der Waals surface area (Å²) in [6, 6.07) is 7.48. The van der Waals surface area contributed by atoms with Gasteiger partial charge in [0.25, 0.3) is 0 Å². The third-order valence-electron chi connectivity index (χ3n) is 5.47. The lowest BCUT2D eigenvalue weighted by Gasteiger charge is -2.45. The van der Waals surface area contributed by atoms with Gasteiger partial charge in [0, 0.05) is 35.9 Å². The van der Waals surface area contributed by atoms with Gasteiger partial charge in [-0.3, -0.25) is 0 Å². The van der Waals surface area contributed by atoms with Gasteiger partial charge in [-0.25, -0.2) is 0 Å². The van der Waals surface area contributed by atoms with Crippen LogP contribution in [0.1, 0.15) is 37.7 Å². The first-order chi connectivity index (χ1) is 12.7. The van der Waals surface area contributed by atoms with Gasteiger partial charge < -0.3 is 20.1 Å². The fraction of sp³-hybridized carbons (Fsp3) is 0.524. The maximum Gasteiger partial charge on any atom is 0.149 e. The lowest BCUT2D eigenvalue weighted by atomic mass is 9.77. The van der Waals surface area contributed by atoms with Gasteiger partial charge in [-0.15, -0.1) is 0 Å². The van der Waals surface area contributed by atoms with E-state index in [0.717, 1.165) is 63.1 Å². The SMILES string of the molecule is OC1(C#Cc2cccc(Cl)c2)CCCC2=C1CCCN2C1CNCCO1. The molecule has 0 radical (unpaired) electrons. The van der Waals surface area contributed by atoms with Crippen LogP contribution in [0.5, 0.6) is 0 Å². The molecule has 0 aromatic heterocycles. The number of hydrogen-bond acceptors (Lipinski definition) is 4. The Kier molecular flexibility index (Phi) is 5.24. The molecule has 2 N–H and O–H groups in total.